The van der Waals surface area contributed by atoms with Gasteiger partial charge in [0.2, 0.25) is 0 Å². The molecule has 2 rings (SSSR count). The number of likely N-dealkylation sites (tertiary alicyclic amines) is 1. The van der Waals surface area contributed by atoms with Crippen LogP contribution >= 0.6 is 0 Å². The Morgan fingerprint density at radius 1 is 1.00 bits per heavy atom. The highest BCUT2D eigenvalue weighted by atomic mass is 16.3. The first-order valence-corrected chi connectivity index (χ1v) is 6.85. The molecule has 0 saturated carbocycles. The van der Waals surface area contributed by atoms with Crippen LogP contribution in [0.15, 0.2) is 0 Å². The summed E-state index contributed by atoms with van der Waals surface area (Å²) in [6.45, 7) is 11.9. The van der Waals surface area contributed by atoms with Crippen molar-refractivity contribution in [1.82, 2.24) is 4.90 Å². The minimum absolute atomic E-state index is 0.117. The van der Waals surface area contributed by atoms with E-state index in [1.54, 1.807) is 0 Å². The second-order valence-electron chi connectivity index (χ2n) is 5.76. The number of rotatable bonds is 2. The van der Waals surface area contributed by atoms with E-state index in [2.05, 4.69) is 20.8 Å². The predicted octanol–water partition coefficient (Wildman–Crippen LogP) is 2.29. The van der Waals surface area contributed by atoms with Gasteiger partial charge < -0.3 is 10.0 Å². The molecule has 1 amide bonds. The molecular formula is C16H23NO2. The molecule has 1 N–H and O–H groups in total. The van der Waals surface area contributed by atoms with Crippen molar-refractivity contribution in [3.63, 3.8) is 0 Å². The van der Waals surface area contributed by atoms with Gasteiger partial charge in [-0.25, -0.2) is 0 Å². The average molecular weight is 261 g/mol. The Kier molecular flexibility index (Phi) is 3.68. The van der Waals surface area contributed by atoms with E-state index in [-0.39, 0.29) is 18.4 Å². The van der Waals surface area contributed by atoms with Gasteiger partial charge in [0, 0.05) is 31.2 Å². The molecule has 0 bridgehead atoms. The molecule has 3 nitrogen and oxygen atoms in total. The molecule has 1 aromatic rings. The fraction of sp³-hybridized carbons (Fsp3) is 0.562. The van der Waals surface area contributed by atoms with E-state index >= 15 is 0 Å². The molecule has 0 atom stereocenters. The molecule has 0 radical (unpaired) electrons. The molecule has 3 heteroatoms. The van der Waals surface area contributed by atoms with Gasteiger partial charge in [-0.1, -0.05) is 0 Å². The Labute approximate surface area is 115 Å². The lowest BCUT2D eigenvalue weighted by molar-refractivity contribution is 0.0360. The number of amides is 1. The highest BCUT2D eigenvalue weighted by Gasteiger charge is 2.32. The van der Waals surface area contributed by atoms with Crippen molar-refractivity contribution in [2.75, 3.05) is 19.7 Å². The van der Waals surface area contributed by atoms with Gasteiger partial charge >= 0.3 is 0 Å². The molecule has 0 aliphatic carbocycles. The highest BCUT2D eigenvalue weighted by Crippen LogP contribution is 2.29. The normalized spacial score (nSPS) is 15.6. The van der Waals surface area contributed by atoms with Crippen molar-refractivity contribution in [1.29, 1.82) is 0 Å². The minimum Gasteiger partial charge on any atom is -0.396 e. The Bertz CT molecular complexity index is 499. The van der Waals surface area contributed by atoms with Crippen molar-refractivity contribution in [2.45, 2.75) is 34.6 Å². The molecule has 1 fully saturated rings. The summed E-state index contributed by atoms with van der Waals surface area (Å²) in [7, 11) is 0. The van der Waals surface area contributed by atoms with Crippen LogP contribution in [0.3, 0.4) is 0 Å². The van der Waals surface area contributed by atoms with E-state index in [0.29, 0.717) is 13.1 Å². The predicted molar refractivity (Wildman–Crippen MR) is 76.6 cm³/mol. The fourth-order valence-electron chi connectivity index (χ4n) is 2.83. The molecule has 0 spiro atoms. The quantitative estimate of drug-likeness (QED) is 0.887. The van der Waals surface area contributed by atoms with Crippen molar-refractivity contribution in [2.24, 2.45) is 5.92 Å². The van der Waals surface area contributed by atoms with Crippen molar-refractivity contribution >= 4 is 5.91 Å². The van der Waals surface area contributed by atoms with Gasteiger partial charge in [-0.05, 0) is 62.4 Å². The van der Waals surface area contributed by atoms with Crippen LogP contribution in [0, 0.1) is 40.5 Å². The monoisotopic (exact) mass is 261 g/mol. The van der Waals surface area contributed by atoms with Crippen LogP contribution in [-0.2, 0) is 0 Å². The van der Waals surface area contributed by atoms with Gasteiger partial charge in [-0.15, -0.1) is 0 Å². The molecular weight excluding hydrogens is 238 g/mol. The van der Waals surface area contributed by atoms with Crippen LogP contribution in [0.1, 0.15) is 38.2 Å². The summed E-state index contributed by atoms with van der Waals surface area (Å²) >= 11 is 0. The van der Waals surface area contributed by atoms with Gasteiger partial charge in [0.15, 0.2) is 0 Å². The number of aliphatic hydroxyl groups excluding tert-OH is 1. The first-order valence-electron chi connectivity index (χ1n) is 6.85. The zero-order valence-corrected chi connectivity index (χ0v) is 12.5. The molecule has 19 heavy (non-hydrogen) atoms. The van der Waals surface area contributed by atoms with Gasteiger partial charge in [-0.3, -0.25) is 4.79 Å². The number of nitrogens with zero attached hydrogens (tertiary/aromatic N) is 1. The Hall–Kier alpha value is -1.35. The van der Waals surface area contributed by atoms with E-state index in [1.807, 2.05) is 18.7 Å². The summed E-state index contributed by atoms with van der Waals surface area (Å²) in [5, 5.41) is 9.05. The van der Waals surface area contributed by atoms with Gasteiger partial charge in [-0.2, -0.15) is 0 Å². The van der Waals surface area contributed by atoms with Crippen LogP contribution in [-0.4, -0.2) is 35.6 Å². The fourth-order valence-corrected chi connectivity index (χ4v) is 2.83. The summed E-state index contributed by atoms with van der Waals surface area (Å²) in [6, 6.07) is 0. The van der Waals surface area contributed by atoms with E-state index in [4.69, 9.17) is 5.11 Å². The summed E-state index contributed by atoms with van der Waals surface area (Å²) in [5.41, 5.74) is 6.76. The average Bonchev–Trinajstić information content (AvgIpc) is 2.33. The van der Waals surface area contributed by atoms with Crippen LogP contribution < -0.4 is 0 Å². The van der Waals surface area contributed by atoms with Crippen molar-refractivity contribution in [3.8, 4) is 0 Å². The third kappa shape index (κ3) is 2.16. The first kappa shape index (κ1) is 14.1. The van der Waals surface area contributed by atoms with E-state index in [1.165, 1.54) is 16.7 Å². The number of aliphatic hydroxyl groups is 1. The van der Waals surface area contributed by atoms with E-state index < -0.39 is 0 Å². The summed E-state index contributed by atoms with van der Waals surface area (Å²) < 4.78 is 0. The third-order valence-electron chi connectivity index (χ3n) is 4.72. The largest absolute Gasteiger partial charge is 0.396 e. The molecule has 1 aromatic carbocycles. The molecule has 1 aliphatic rings. The number of carbonyl (C=O) groups is 1. The summed E-state index contributed by atoms with van der Waals surface area (Å²) in [5.74, 6) is 0.378. The lowest BCUT2D eigenvalue weighted by atomic mass is 9.88. The Morgan fingerprint density at radius 3 is 1.84 bits per heavy atom. The van der Waals surface area contributed by atoms with Crippen LogP contribution in [0.4, 0.5) is 0 Å². The van der Waals surface area contributed by atoms with E-state index in [0.717, 1.165) is 16.7 Å². The molecule has 104 valence electrons. The molecule has 0 unspecified atom stereocenters. The van der Waals surface area contributed by atoms with E-state index in [9.17, 15) is 4.79 Å². The Morgan fingerprint density at radius 2 is 1.42 bits per heavy atom. The highest BCUT2D eigenvalue weighted by molar-refractivity contribution is 5.98. The zero-order valence-electron chi connectivity index (χ0n) is 12.5. The van der Waals surface area contributed by atoms with Crippen molar-refractivity contribution < 1.29 is 9.90 Å². The molecule has 0 aromatic heterocycles. The van der Waals surface area contributed by atoms with Gasteiger partial charge in [0.05, 0.1) is 0 Å². The number of carbonyl (C=O) groups excluding carboxylic acids is 1. The number of hydrogen-bond donors (Lipinski definition) is 1. The number of hydrogen-bond acceptors (Lipinski definition) is 2. The topological polar surface area (TPSA) is 40.5 Å². The second kappa shape index (κ2) is 4.97. The zero-order chi connectivity index (χ0) is 14.3. The molecule has 1 saturated heterocycles. The van der Waals surface area contributed by atoms with Crippen LogP contribution in [0.2, 0.25) is 0 Å². The third-order valence-corrected chi connectivity index (χ3v) is 4.72. The summed E-state index contributed by atoms with van der Waals surface area (Å²) in [6.07, 6.45) is 0. The van der Waals surface area contributed by atoms with Crippen molar-refractivity contribution in [3.05, 3.63) is 33.4 Å². The van der Waals surface area contributed by atoms with Crippen LogP contribution in [0.25, 0.3) is 0 Å². The SMILES string of the molecule is Cc1c(C)c(C)c(C(=O)N2CC(CO)C2)c(C)c1C. The first-order chi connectivity index (χ1) is 8.88. The lowest BCUT2D eigenvalue weighted by Gasteiger charge is -2.39. The smallest absolute Gasteiger partial charge is 0.254 e. The second-order valence-corrected chi connectivity index (χ2v) is 5.76. The summed E-state index contributed by atoms with van der Waals surface area (Å²) in [4.78, 5) is 14.4. The maximum absolute atomic E-state index is 12.6. The minimum atomic E-state index is 0.117. The van der Waals surface area contributed by atoms with Gasteiger partial charge in [0.25, 0.3) is 5.91 Å². The maximum atomic E-state index is 12.6. The number of benzene rings is 1. The van der Waals surface area contributed by atoms with Crippen LogP contribution in [0.5, 0.6) is 0 Å². The molecule has 1 aliphatic heterocycles. The standard InChI is InChI=1S/C16H23NO2/c1-9-10(2)12(4)15(13(5)11(9)3)16(19)17-6-14(7-17)8-18/h14,18H,6-8H2,1-5H3. The maximum Gasteiger partial charge on any atom is 0.254 e. The van der Waals surface area contributed by atoms with Gasteiger partial charge in [0.1, 0.15) is 0 Å². The molecule has 1 heterocycles. The lowest BCUT2D eigenvalue weighted by Crippen LogP contribution is -2.51. The Balaban J connectivity index is 2.38.